The maximum absolute atomic E-state index is 11.9. The topological polar surface area (TPSA) is 70.8 Å². The van der Waals surface area contributed by atoms with Gasteiger partial charge in [-0.2, -0.15) is 0 Å². The largest absolute Gasteiger partial charge is 0.465 e. The Morgan fingerprint density at radius 1 is 1.30 bits per heavy atom. The molecule has 0 amide bonds. The fourth-order valence-corrected chi connectivity index (χ4v) is 3.97. The van der Waals surface area contributed by atoms with Crippen molar-refractivity contribution >= 4 is 21.9 Å². The summed E-state index contributed by atoms with van der Waals surface area (Å²) in [5.41, 5.74) is 7.22. The molecule has 3 rings (SSSR count). The summed E-state index contributed by atoms with van der Waals surface area (Å²) < 4.78 is 17.9. The van der Waals surface area contributed by atoms with Crippen LogP contribution in [0.5, 0.6) is 11.5 Å². The van der Waals surface area contributed by atoms with Crippen molar-refractivity contribution in [3.8, 4) is 11.5 Å². The molecule has 1 saturated carbocycles. The Hall–Kier alpha value is -1.27. The van der Waals surface area contributed by atoms with Crippen LogP contribution in [0.25, 0.3) is 0 Å². The molecule has 0 bridgehead atoms. The number of halogens is 1. The first-order valence-electron chi connectivity index (χ1n) is 7.90. The first kappa shape index (κ1) is 16.6. The van der Waals surface area contributed by atoms with E-state index in [-0.39, 0.29) is 17.9 Å². The van der Waals surface area contributed by atoms with Crippen LogP contribution in [-0.4, -0.2) is 24.9 Å². The molecule has 0 spiro atoms. The zero-order valence-electron chi connectivity index (χ0n) is 13.6. The molecule has 1 aromatic rings. The lowest BCUT2D eigenvalue weighted by Gasteiger charge is -2.36. The monoisotopic (exact) mass is 383 g/mol. The lowest BCUT2D eigenvalue weighted by molar-refractivity contribution is -0.121. The van der Waals surface area contributed by atoms with E-state index in [4.69, 9.17) is 19.9 Å². The Bertz CT molecular complexity index is 640. The Labute approximate surface area is 144 Å². The molecule has 2 aliphatic rings. The molecular weight excluding hydrogens is 362 g/mol. The van der Waals surface area contributed by atoms with Crippen LogP contribution >= 0.6 is 15.9 Å². The van der Waals surface area contributed by atoms with E-state index in [0.29, 0.717) is 21.5 Å². The first-order valence-corrected chi connectivity index (χ1v) is 8.70. The second-order valence-corrected chi connectivity index (χ2v) is 7.37. The minimum Gasteiger partial charge on any atom is -0.465 e. The third kappa shape index (κ3) is 2.83. The van der Waals surface area contributed by atoms with Gasteiger partial charge >= 0.3 is 5.97 Å². The van der Waals surface area contributed by atoms with Gasteiger partial charge in [0.05, 0.1) is 17.1 Å². The van der Waals surface area contributed by atoms with Crippen LogP contribution in [-0.2, 0) is 4.74 Å². The highest BCUT2D eigenvalue weighted by atomic mass is 79.9. The molecule has 0 saturated heterocycles. The summed E-state index contributed by atoms with van der Waals surface area (Å²) in [5.74, 6) is 0.462. The summed E-state index contributed by atoms with van der Waals surface area (Å²) in [6.07, 6.45) is 3.92. The highest BCUT2D eigenvalue weighted by Crippen LogP contribution is 2.51. The average Bonchev–Trinajstić information content (AvgIpc) is 2.90. The molecule has 1 unspecified atom stereocenters. The molecule has 5 nitrogen and oxygen atoms in total. The normalized spacial score (nSPS) is 29.4. The van der Waals surface area contributed by atoms with E-state index < -0.39 is 5.79 Å². The van der Waals surface area contributed by atoms with Gasteiger partial charge in [0.2, 0.25) is 0 Å². The molecule has 1 aromatic carbocycles. The van der Waals surface area contributed by atoms with Crippen molar-refractivity contribution in [1.82, 2.24) is 0 Å². The van der Waals surface area contributed by atoms with Gasteiger partial charge in [-0.15, -0.1) is 0 Å². The number of hydrogen-bond acceptors (Lipinski definition) is 5. The summed E-state index contributed by atoms with van der Waals surface area (Å²) in [4.78, 5) is 11.9. The quantitative estimate of drug-likeness (QED) is 0.790. The maximum Gasteiger partial charge on any atom is 0.338 e. The van der Waals surface area contributed by atoms with Crippen LogP contribution in [0.15, 0.2) is 10.5 Å². The number of fused-ring (bicyclic) bond motifs is 1. The molecule has 1 aliphatic heterocycles. The number of carbonyl (C=O) groups excluding carboxylic acids is 1. The summed E-state index contributed by atoms with van der Waals surface area (Å²) >= 11 is 3.48. The number of rotatable bonds is 2. The average molecular weight is 384 g/mol. The third-order valence-electron chi connectivity index (χ3n) is 4.97. The zero-order valence-corrected chi connectivity index (χ0v) is 15.2. The minimum absolute atomic E-state index is 0.276. The Kier molecular flexibility index (Phi) is 4.31. The second-order valence-electron chi connectivity index (χ2n) is 6.51. The molecular formula is C17H22BrNO4. The Balaban J connectivity index is 1.92. The van der Waals surface area contributed by atoms with E-state index in [1.54, 1.807) is 6.07 Å². The summed E-state index contributed by atoms with van der Waals surface area (Å²) in [6.45, 7) is 3.82. The van der Waals surface area contributed by atoms with Crippen LogP contribution in [0.1, 0.15) is 48.5 Å². The zero-order chi connectivity index (χ0) is 16.8. The van der Waals surface area contributed by atoms with Crippen LogP contribution in [0, 0.1) is 12.8 Å². The third-order valence-corrected chi connectivity index (χ3v) is 5.56. The van der Waals surface area contributed by atoms with Gasteiger partial charge in [0, 0.05) is 24.4 Å². The van der Waals surface area contributed by atoms with Gasteiger partial charge in [-0.25, -0.2) is 4.79 Å². The van der Waals surface area contributed by atoms with Gasteiger partial charge in [0.15, 0.2) is 11.5 Å². The van der Waals surface area contributed by atoms with Gasteiger partial charge in [0.1, 0.15) is 0 Å². The smallest absolute Gasteiger partial charge is 0.338 e. The van der Waals surface area contributed by atoms with Gasteiger partial charge in [0.25, 0.3) is 5.79 Å². The summed E-state index contributed by atoms with van der Waals surface area (Å²) in [7, 11) is 1.37. The van der Waals surface area contributed by atoms with Crippen LogP contribution in [0.4, 0.5) is 0 Å². The highest BCUT2D eigenvalue weighted by molar-refractivity contribution is 9.10. The number of esters is 1. The van der Waals surface area contributed by atoms with Crippen molar-refractivity contribution in [3.63, 3.8) is 0 Å². The first-order chi connectivity index (χ1) is 10.9. The molecule has 23 heavy (non-hydrogen) atoms. The second kappa shape index (κ2) is 5.98. The van der Waals surface area contributed by atoms with E-state index in [9.17, 15) is 4.79 Å². The Morgan fingerprint density at radius 3 is 2.52 bits per heavy atom. The van der Waals surface area contributed by atoms with E-state index in [2.05, 4.69) is 15.9 Å². The molecule has 2 N–H and O–H groups in total. The molecule has 126 valence electrons. The van der Waals surface area contributed by atoms with Crippen molar-refractivity contribution in [2.24, 2.45) is 11.7 Å². The minimum atomic E-state index is -0.718. The molecule has 0 radical (unpaired) electrons. The molecule has 1 heterocycles. The van der Waals surface area contributed by atoms with E-state index >= 15 is 0 Å². The fourth-order valence-electron chi connectivity index (χ4n) is 3.48. The number of carbonyl (C=O) groups is 1. The van der Waals surface area contributed by atoms with Crippen molar-refractivity contribution in [1.29, 1.82) is 0 Å². The lowest BCUT2D eigenvalue weighted by atomic mass is 9.81. The summed E-state index contributed by atoms with van der Waals surface area (Å²) in [5, 5.41) is 0. The number of hydrogen-bond donors (Lipinski definition) is 1. The van der Waals surface area contributed by atoms with Gasteiger partial charge in [-0.1, -0.05) is 0 Å². The van der Waals surface area contributed by atoms with Crippen LogP contribution in [0.2, 0.25) is 0 Å². The standard InChI is InChI=1S/C17H22BrNO4/c1-9-12(16(20)21-3)8-13(18)15-14(9)22-17(2,23-15)10-4-6-11(19)7-5-10/h8,10-11H,4-7,19H2,1-3H3/t10-,11-,17?. The molecule has 0 aromatic heterocycles. The molecule has 6 heteroatoms. The number of benzene rings is 1. The van der Waals surface area contributed by atoms with Crippen molar-refractivity contribution < 1.29 is 19.0 Å². The van der Waals surface area contributed by atoms with Crippen molar-refractivity contribution in [3.05, 3.63) is 21.7 Å². The van der Waals surface area contributed by atoms with E-state index in [0.717, 1.165) is 31.2 Å². The number of methoxy groups -OCH3 is 1. The van der Waals surface area contributed by atoms with Gasteiger partial charge in [-0.05, 0) is 54.6 Å². The SMILES string of the molecule is COC(=O)c1cc(Br)c2c(c1C)OC(C)([C@H]1CC[C@H](N)CC1)O2. The predicted octanol–water partition coefficient (Wildman–Crippen LogP) is 3.55. The van der Waals surface area contributed by atoms with E-state index in [1.165, 1.54) is 7.11 Å². The molecule has 1 atom stereocenters. The number of ether oxygens (including phenoxy) is 3. The lowest BCUT2D eigenvalue weighted by Crippen LogP contribution is -2.46. The predicted molar refractivity (Wildman–Crippen MR) is 89.8 cm³/mol. The van der Waals surface area contributed by atoms with Crippen molar-refractivity contribution in [2.75, 3.05) is 7.11 Å². The highest BCUT2D eigenvalue weighted by Gasteiger charge is 2.47. The molecule has 1 fully saturated rings. The van der Waals surface area contributed by atoms with Gasteiger partial charge in [-0.3, -0.25) is 0 Å². The van der Waals surface area contributed by atoms with Gasteiger partial charge < -0.3 is 19.9 Å². The summed E-state index contributed by atoms with van der Waals surface area (Å²) in [6, 6.07) is 2.00. The van der Waals surface area contributed by atoms with E-state index in [1.807, 2.05) is 13.8 Å². The number of nitrogens with two attached hydrogens (primary N) is 1. The fraction of sp³-hybridized carbons (Fsp3) is 0.588. The molecule has 1 aliphatic carbocycles. The van der Waals surface area contributed by atoms with Crippen molar-refractivity contribution in [2.45, 2.75) is 51.4 Å². The van der Waals surface area contributed by atoms with Crippen LogP contribution in [0.3, 0.4) is 0 Å². The maximum atomic E-state index is 11.9. The Morgan fingerprint density at radius 2 is 1.91 bits per heavy atom. The van der Waals surface area contributed by atoms with Crippen LogP contribution < -0.4 is 15.2 Å².